The van der Waals surface area contributed by atoms with Crippen molar-refractivity contribution in [3.05, 3.63) is 46.0 Å². The Hall–Kier alpha value is -1.90. The van der Waals surface area contributed by atoms with Gasteiger partial charge < -0.3 is 10.2 Å². The van der Waals surface area contributed by atoms with E-state index in [0.29, 0.717) is 5.69 Å². The minimum Gasteiger partial charge on any atom is -0.323 e. The Morgan fingerprint density at radius 2 is 2.03 bits per heavy atom. The number of fused-ring (bicyclic) bond motifs is 1. The van der Waals surface area contributed by atoms with Crippen molar-refractivity contribution >= 4 is 35.0 Å². The molecule has 2 saturated heterocycles. The molecule has 2 fully saturated rings. The normalized spacial score (nSPS) is 21.8. The van der Waals surface area contributed by atoms with E-state index in [1.54, 1.807) is 18.0 Å². The third-order valence-corrected chi connectivity index (χ3v) is 7.16. The van der Waals surface area contributed by atoms with Crippen LogP contribution in [0.2, 0.25) is 5.15 Å². The van der Waals surface area contributed by atoms with Crippen LogP contribution in [0.1, 0.15) is 32.1 Å². The van der Waals surface area contributed by atoms with E-state index in [2.05, 4.69) is 20.3 Å². The van der Waals surface area contributed by atoms with Crippen LogP contribution in [0.3, 0.4) is 0 Å². The SMILES string of the molecule is O=C(Cn1nc(Cl)ccc1=O)Nc1ccc(SC[C@@H]2CCCN3CCCC[C@H]23)nc1. The first kappa shape index (κ1) is 21.3. The number of carbonyl (C=O) groups excluding carboxylic acids is 1. The molecule has 0 radical (unpaired) electrons. The van der Waals surface area contributed by atoms with Crippen molar-refractivity contribution in [1.82, 2.24) is 19.7 Å². The Labute approximate surface area is 185 Å². The van der Waals surface area contributed by atoms with E-state index in [-0.39, 0.29) is 23.2 Å². The molecule has 4 rings (SSSR count). The molecule has 4 heterocycles. The molecule has 0 aliphatic carbocycles. The lowest BCUT2D eigenvalue weighted by molar-refractivity contribution is -0.117. The van der Waals surface area contributed by atoms with Gasteiger partial charge >= 0.3 is 0 Å². The van der Waals surface area contributed by atoms with Gasteiger partial charge in [0.1, 0.15) is 11.7 Å². The van der Waals surface area contributed by atoms with Gasteiger partial charge in [0.05, 0.1) is 16.9 Å². The fourth-order valence-electron chi connectivity index (χ4n) is 4.38. The standard InChI is InChI=1S/C21H26ClN5O2S/c22-18-7-9-21(29)27(25-18)13-19(28)24-16-6-8-20(23-12-16)30-14-15-4-3-11-26-10-2-1-5-17(15)26/h6-9,12,15,17H,1-5,10-11,13-14H2,(H,24,28)/t15-,17+/m0/s1. The van der Waals surface area contributed by atoms with Crippen LogP contribution in [-0.4, -0.2) is 50.5 Å². The fourth-order valence-corrected chi connectivity index (χ4v) is 5.60. The number of hydrogen-bond acceptors (Lipinski definition) is 6. The summed E-state index contributed by atoms with van der Waals surface area (Å²) in [6.07, 6.45) is 8.28. The number of rotatable bonds is 6. The van der Waals surface area contributed by atoms with Crippen LogP contribution in [0.5, 0.6) is 0 Å². The number of anilines is 1. The predicted molar refractivity (Wildman–Crippen MR) is 119 cm³/mol. The molecule has 0 spiro atoms. The van der Waals surface area contributed by atoms with Gasteiger partial charge in [-0.25, -0.2) is 9.67 Å². The van der Waals surface area contributed by atoms with Crippen molar-refractivity contribution in [1.29, 1.82) is 0 Å². The zero-order valence-electron chi connectivity index (χ0n) is 16.8. The molecule has 2 aromatic rings. The van der Waals surface area contributed by atoms with Crippen LogP contribution in [0.15, 0.2) is 40.3 Å². The number of pyridine rings is 1. The highest BCUT2D eigenvalue weighted by atomic mass is 35.5. The van der Waals surface area contributed by atoms with Crippen LogP contribution >= 0.6 is 23.4 Å². The van der Waals surface area contributed by atoms with Gasteiger partial charge in [0.25, 0.3) is 5.56 Å². The third kappa shape index (κ3) is 5.42. The molecule has 30 heavy (non-hydrogen) atoms. The summed E-state index contributed by atoms with van der Waals surface area (Å²) in [5, 5.41) is 7.73. The minimum atomic E-state index is -0.376. The Bertz CT molecular complexity index is 934. The van der Waals surface area contributed by atoms with Crippen molar-refractivity contribution in [3.63, 3.8) is 0 Å². The molecule has 0 bridgehead atoms. The predicted octanol–water partition coefficient (Wildman–Crippen LogP) is 3.29. The van der Waals surface area contributed by atoms with E-state index in [4.69, 9.17) is 11.6 Å². The minimum absolute atomic E-state index is 0.166. The van der Waals surface area contributed by atoms with Crippen LogP contribution in [-0.2, 0) is 11.3 Å². The molecule has 2 aliphatic rings. The second-order valence-corrected chi connectivity index (χ2v) is 9.33. The number of nitrogens with one attached hydrogen (secondary N) is 1. The molecular weight excluding hydrogens is 422 g/mol. The summed E-state index contributed by atoms with van der Waals surface area (Å²) in [6, 6.07) is 7.20. The highest BCUT2D eigenvalue weighted by molar-refractivity contribution is 7.99. The van der Waals surface area contributed by atoms with E-state index in [9.17, 15) is 9.59 Å². The zero-order valence-corrected chi connectivity index (χ0v) is 18.4. The van der Waals surface area contributed by atoms with Gasteiger partial charge in [0.15, 0.2) is 0 Å². The van der Waals surface area contributed by atoms with Gasteiger partial charge in [0.2, 0.25) is 5.91 Å². The van der Waals surface area contributed by atoms with E-state index in [0.717, 1.165) is 27.4 Å². The fraction of sp³-hybridized carbons (Fsp3) is 0.524. The molecule has 2 atom stereocenters. The summed E-state index contributed by atoms with van der Waals surface area (Å²) in [6.45, 7) is 2.32. The average Bonchev–Trinajstić information content (AvgIpc) is 2.76. The molecule has 2 aromatic heterocycles. The van der Waals surface area contributed by atoms with Gasteiger partial charge in [-0.1, -0.05) is 18.0 Å². The molecule has 0 unspecified atom stereocenters. The van der Waals surface area contributed by atoms with Crippen molar-refractivity contribution in [2.24, 2.45) is 5.92 Å². The lowest BCUT2D eigenvalue weighted by Gasteiger charge is -2.44. The largest absolute Gasteiger partial charge is 0.323 e. The molecule has 160 valence electrons. The lowest BCUT2D eigenvalue weighted by Crippen LogP contribution is -2.48. The van der Waals surface area contributed by atoms with E-state index in [1.165, 1.54) is 57.3 Å². The maximum atomic E-state index is 12.2. The maximum absolute atomic E-state index is 12.2. The number of aromatic nitrogens is 3. The molecule has 0 saturated carbocycles. The highest BCUT2D eigenvalue weighted by Crippen LogP contribution is 2.34. The Kier molecular flexibility index (Phi) is 7.07. The monoisotopic (exact) mass is 447 g/mol. The first-order valence-corrected chi connectivity index (χ1v) is 11.8. The van der Waals surface area contributed by atoms with E-state index in [1.807, 2.05) is 12.1 Å². The smallest absolute Gasteiger partial charge is 0.267 e. The van der Waals surface area contributed by atoms with Crippen molar-refractivity contribution in [3.8, 4) is 0 Å². The number of thioether (sulfide) groups is 1. The number of piperidine rings is 2. The number of nitrogens with zero attached hydrogens (tertiary/aromatic N) is 4. The quantitative estimate of drug-likeness (QED) is 0.684. The van der Waals surface area contributed by atoms with Crippen molar-refractivity contribution in [2.45, 2.75) is 49.7 Å². The van der Waals surface area contributed by atoms with Gasteiger partial charge in [-0.15, -0.1) is 11.8 Å². The van der Waals surface area contributed by atoms with Gasteiger partial charge in [-0.05, 0) is 62.9 Å². The molecule has 1 amide bonds. The first-order valence-electron chi connectivity index (χ1n) is 10.4. The molecule has 2 aliphatic heterocycles. The first-order chi connectivity index (χ1) is 14.6. The van der Waals surface area contributed by atoms with Crippen LogP contribution in [0.25, 0.3) is 0 Å². The Morgan fingerprint density at radius 1 is 1.17 bits per heavy atom. The summed E-state index contributed by atoms with van der Waals surface area (Å²) < 4.78 is 1.04. The van der Waals surface area contributed by atoms with E-state index < -0.39 is 0 Å². The maximum Gasteiger partial charge on any atom is 0.267 e. The number of amides is 1. The Morgan fingerprint density at radius 3 is 2.87 bits per heavy atom. The number of halogens is 1. The average molecular weight is 448 g/mol. The van der Waals surface area contributed by atoms with Gasteiger partial charge in [-0.2, -0.15) is 5.10 Å². The second-order valence-electron chi connectivity index (χ2n) is 7.90. The van der Waals surface area contributed by atoms with Crippen molar-refractivity contribution < 1.29 is 4.79 Å². The number of carbonyl (C=O) groups is 1. The van der Waals surface area contributed by atoms with Crippen LogP contribution < -0.4 is 10.9 Å². The van der Waals surface area contributed by atoms with Crippen LogP contribution in [0.4, 0.5) is 5.69 Å². The molecule has 0 aromatic carbocycles. The topological polar surface area (TPSA) is 80.1 Å². The van der Waals surface area contributed by atoms with Crippen molar-refractivity contribution in [2.75, 3.05) is 24.2 Å². The summed E-state index contributed by atoms with van der Waals surface area (Å²) in [5.41, 5.74) is 0.217. The summed E-state index contributed by atoms with van der Waals surface area (Å²) >= 11 is 7.58. The molecule has 9 heteroatoms. The van der Waals surface area contributed by atoms with Gasteiger partial charge in [-0.3, -0.25) is 9.59 Å². The summed E-state index contributed by atoms with van der Waals surface area (Å²) in [4.78, 5) is 31.1. The van der Waals surface area contributed by atoms with Crippen LogP contribution in [0, 0.1) is 5.92 Å². The lowest BCUT2D eigenvalue weighted by atomic mass is 9.85. The second kappa shape index (κ2) is 9.94. The zero-order chi connectivity index (χ0) is 20.9. The number of hydrogen-bond donors (Lipinski definition) is 1. The molecular formula is C21H26ClN5O2S. The van der Waals surface area contributed by atoms with E-state index >= 15 is 0 Å². The Balaban J connectivity index is 1.29. The molecule has 1 N–H and O–H groups in total. The highest BCUT2D eigenvalue weighted by Gasteiger charge is 2.32. The van der Waals surface area contributed by atoms with Gasteiger partial charge in [0, 0.05) is 17.9 Å². The molecule has 7 nitrogen and oxygen atoms in total. The summed E-state index contributed by atoms with van der Waals surface area (Å²) in [7, 11) is 0. The summed E-state index contributed by atoms with van der Waals surface area (Å²) in [5.74, 6) is 1.46. The third-order valence-electron chi connectivity index (χ3n) is 5.82.